The fraction of sp³-hybridized carbons (Fsp3) is 0.455. The molecule has 1 rings (SSSR count). The molecule has 0 amide bonds. The Morgan fingerprint density at radius 3 is 1.79 bits per heavy atom. The third kappa shape index (κ3) is 2.90. The van der Waals surface area contributed by atoms with E-state index in [9.17, 15) is 20.2 Å². The Morgan fingerprint density at radius 2 is 1.53 bits per heavy atom. The Balaban J connectivity index is 3.62. The topological polar surface area (TPSA) is 98.8 Å². The van der Waals surface area contributed by atoms with Crippen molar-refractivity contribution < 1.29 is 14.6 Å². The van der Waals surface area contributed by atoms with Gasteiger partial charge in [0.1, 0.15) is 5.75 Å². The van der Waals surface area contributed by atoms with Gasteiger partial charge in [-0.2, -0.15) is 0 Å². The summed E-state index contributed by atoms with van der Waals surface area (Å²) in [5, 5.41) is 22.2. The summed E-state index contributed by atoms with van der Waals surface area (Å²) in [6, 6.07) is 2.39. The number of anilines is 1. The first-order valence-corrected chi connectivity index (χ1v) is 5.71. The van der Waals surface area contributed by atoms with E-state index in [-0.39, 0.29) is 22.8 Å². The lowest BCUT2D eigenvalue weighted by atomic mass is 10.2. The third-order valence-corrected chi connectivity index (χ3v) is 2.75. The molecule has 1 aromatic rings. The molecule has 0 saturated heterocycles. The van der Waals surface area contributed by atoms with E-state index < -0.39 is 9.85 Å². The quantitative estimate of drug-likeness (QED) is 0.580. The van der Waals surface area contributed by atoms with Crippen LogP contribution in [0.15, 0.2) is 12.1 Å². The van der Waals surface area contributed by atoms with E-state index in [1.807, 2.05) is 0 Å². The van der Waals surface area contributed by atoms with Crippen LogP contribution in [0, 0.1) is 20.2 Å². The van der Waals surface area contributed by atoms with Crippen LogP contribution in [-0.4, -0.2) is 30.0 Å². The molecule has 0 spiro atoms. The lowest BCUT2D eigenvalue weighted by Gasteiger charge is -2.20. The highest BCUT2D eigenvalue weighted by Crippen LogP contribution is 2.40. The first-order chi connectivity index (χ1) is 8.96. The fourth-order valence-electron chi connectivity index (χ4n) is 1.84. The largest absolute Gasteiger partial charge is 0.496 e. The summed E-state index contributed by atoms with van der Waals surface area (Å²) in [6.45, 7) is 4.43. The van der Waals surface area contributed by atoms with Crippen LogP contribution in [0.2, 0.25) is 0 Å². The summed E-state index contributed by atoms with van der Waals surface area (Å²) in [7, 11) is 1.31. The van der Waals surface area contributed by atoms with Crippen molar-refractivity contribution in [2.45, 2.75) is 13.8 Å². The van der Waals surface area contributed by atoms with Crippen LogP contribution in [-0.2, 0) is 0 Å². The van der Waals surface area contributed by atoms with Gasteiger partial charge in [0.2, 0.25) is 0 Å². The first kappa shape index (κ1) is 14.7. The maximum atomic E-state index is 11.1. The van der Waals surface area contributed by atoms with Gasteiger partial charge in [0, 0.05) is 13.1 Å². The van der Waals surface area contributed by atoms with Crippen molar-refractivity contribution in [3.63, 3.8) is 0 Å². The van der Waals surface area contributed by atoms with E-state index in [1.54, 1.807) is 18.7 Å². The highest BCUT2D eigenvalue weighted by atomic mass is 16.6. The Bertz CT molecular complexity index is 464. The van der Waals surface area contributed by atoms with Crippen molar-refractivity contribution in [3.8, 4) is 5.75 Å². The third-order valence-electron chi connectivity index (χ3n) is 2.75. The van der Waals surface area contributed by atoms with Gasteiger partial charge in [0.25, 0.3) is 0 Å². The standard InChI is InChI=1S/C11H15N3O5/c1-4-12(5-2)11-9(13(15)16)6-8(19-3)7-10(11)14(17)18/h6-7H,4-5H2,1-3H3. The summed E-state index contributed by atoms with van der Waals surface area (Å²) < 4.78 is 4.87. The molecule has 1 aromatic carbocycles. The highest BCUT2D eigenvalue weighted by Gasteiger charge is 2.30. The van der Waals surface area contributed by atoms with E-state index in [1.165, 1.54) is 19.2 Å². The first-order valence-electron chi connectivity index (χ1n) is 5.71. The van der Waals surface area contributed by atoms with Gasteiger partial charge in [-0.05, 0) is 13.8 Å². The fourth-order valence-corrected chi connectivity index (χ4v) is 1.84. The van der Waals surface area contributed by atoms with Crippen molar-refractivity contribution in [1.29, 1.82) is 0 Å². The molecule has 0 aliphatic carbocycles. The zero-order valence-corrected chi connectivity index (χ0v) is 11.0. The molecule has 0 N–H and O–H groups in total. The molecular formula is C11H15N3O5. The van der Waals surface area contributed by atoms with Gasteiger partial charge in [-0.1, -0.05) is 0 Å². The molecule has 8 nitrogen and oxygen atoms in total. The van der Waals surface area contributed by atoms with Gasteiger partial charge >= 0.3 is 11.4 Å². The molecule has 104 valence electrons. The number of ether oxygens (including phenoxy) is 1. The highest BCUT2D eigenvalue weighted by molar-refractivity contribution is 5.77. The normalized spacial score (nSPS) is 10.1. The zero-order valence-electron chi connectivity index (χ0n) is 11.0. The van der Waals surface area contributed by atoms with E-state index >= 15 is 0 Å². The molecule has 0 saturated carbocycles. The van der Waals surface area contributed by atoms with Crippen molar-refractivity contribution >= 4 is 17.1 Å². The minimum absolute atomic E-state index is 0.0146. The van der Waals surface area contributed by atoms with Crippen LogP contribution in [0.3, 0.4) is 0 Å². The smallest absolute Gasteiger partial charge is 0.303 e. The number of nitrogens with zero attached hydrogens (tertiary/aromatic N) is 3. The molecule has 0 aliphatic rings. The summed E-state index contributed by atoms with van der Waals surface area (Å²) in [5.74, 6) is 0.0920. The second kappa shape index (κ2) is 5.98. The monoisotopic (exact) mass is 269 g/mol. The Labute approximate surface area is 109 Å². The molecule has 0 atom stereocenters. The summed E-state index contributed by atoms with van der Waals surface area (Å²) >= 11 is 0. The van der Waals surface area contributed by atoms with Gasteiger partial charge in [-0.25, -0.2) is 0 Å². The molecular weight excluding hydrogens is 254 g/mol. The van der Waals surface area contributed by atoms with Crippen LogP contribution in [0.5, 0.6) is 5.75 Å². The van der Waals surface area contributed by atoms with Crippen LogP contribution in [0.4, 0.5) is 17.1 Å². The maximum absolute atomic E-state index is 11.1. The number of hydrogen-bond acceptors (Lipinski definition) is 6. The second-order valence-corrected chi connectivity index (χ2v) is 3.70. The average molecular weight is 269 g/mol. The summed E-state index contributed by atoms with van der Waals surface area (Å²) in [4.78, 5) is 22.5. The molecule has 8 heteroatoms. The van der Waals surface area contributed by atoms with Gasteiger partial charge in [-0.15, -0.1) is 0 Å². The van der Waals surface area contributed by atoms with Gasteiger partial charge in [0.15, 0.2) is 5.69 Å². The Kier molecular flexibility index (Phi) is 4.62. The molecule has 0 fully saturated rings. The number of rotatable bonds is 6. The predicted molar refractivity (Wildman–Crippen MR) is 69.9 cm³/mol. The average Bonchev–Trinajstić information content (AvgIpc) is 2.39. The number of benzene rings is 1. The van der Waals surface area contributed by atoms with Crippen LogP contribution < -0.4 is 9.64 Å². The molecule has 0 radical (unpaired) electrons. The minimum atomic E-state index is -0.636. The van der Waals surface area contributed by atoms with E-state index in [0.29, 0.717) is 13.1 Å². The maximum Gasteiger partial charge on any atom is 0.303 e. The molecule has 0 bridgehead atoms. The zero-order chi connectivity index (χ0) is 14.6. The van der Waals surface area contributed by atoms with Crippen LogP contribution >= 0.6 is 0 Å². The Morgan fingerprint density at radius 1 is 1.11 bits per heavy atom. The van der Waals surface area contributed by atoms with E-state index in [0.717, 1.165) is 0 Å². The van der Waals surface area contributed by atoms with Crippen LogP contribution in [0.25, 0.3) is 0 Å². The Hall–Kier alpha value is -2.38. The van der Waals surface area contributed by atoms with Crippen molar-refractivity contribution in [2.24, 2.45) is 0 Å². The summed E-state index contributed by atoms with van der Waals surface area (Å²) in [6.07, 6.45) is 0. The lowest BCUT2D eigenvalue weighted by Crippen LogP contribution is -2.24. The number of nitro groups is 2. The molecule has 19 heavy (non-hydrogen) atoms. The molecule has 0 aliphatic heterocycles. The van der Waals surface area contributed by atoms with Crippen molar-refractivity contribution in [3.05, 3.63) is 32.4 Å². The van der Waals surface area contributed by atoms with E-state index in [4.69, 9.17) is 4.74 Å². The summed E-state index contributed by atoms with van der Waals surface area (Å²) in [5.41, 5.74) is -0.634. The molecule has 0 heterocycles. The minimum Gasteiger partial charge on any atom is -0.496 e. The van der Waals surface area contributed by atoms with Crippen LogP contribution in [0.1, 0.15) is 13.8 Å². The predicted octanol–water partition coefficient (Wildman–Crippen LogP) is 2.36. The van der Waals surface area contributed by atoms with Gasteiger partial charge in [-0.3, -0.25) is 20.2 Å². The number of nitro benzene ring substituents is 2. The van der Waals surface area contributed by atoms with Crippen molar-refractivity contribution in [1.82, 2.24) is 0 Å². The van der Waals surface area contributed by atoms with Gasteiger partial charge in [0.05, 0.1) is 29.1 Å². The SMILES string of the molecule is CCN(CC)c1c([N+](=O)[O-])cc(OC)cc1[N+](=O)[O-]. The second-order valence-electron chi connectivity index (χ2n) is 3.70. The van der Waals surface area contributed by atoms with E-state index in [2.05, 4.69) is 0 Å². The molecule has 0 unspecified atom stereocenters. The van der Waals surface area contributed by atoms with Crippen molar-refractivity contribution in [2.75, 3.05) is 25.1 Å². The number of methoxy groups -OCH3 is 1. The molecule has 0 aromatic heterocycles. The lowest BCUT2D eigenvalue weighted by molar-refractivity contribution is -0.392. The van der Waals surface area contributed by atoms with Gasteiger partial charge < -0.3 is 9.64 Å². The number of hydrogen-bond donors (Lipinski definition) is 0.